The predicted molar refractivity (Wildman–Crippen MR) is 94.9 cm³/mol. The van der Waals surface area contributed by atoms with Crippen molar-refractivity contribution in [2.45, 2.75) is 46.3 Å². The molecule has 140 valence electrons. The molecule has 6 heteroatoms. The van der Waals surface area contributed by atoms with Crippen molar-refractivity contribution in [1.29, 1.82) is 0 Å². The van der Waals surface area contributed by atoms with Gasteiger partial charge in [0.15, 0.2) is 11.9 Å². The summed E-state index contributed by atoms with van der Waals surface area (Å²) >= 11 is 0. The number of carbonyl (C=O) groups is 3. The van der Waals surface area contributed by atoms with Crippen molar-refractivity contribution in [3.05, 3.63) is 41.5 Å². The lowest BCUT2D eigenvalue weighted by Gasteiger charge is -2.35. The Morgan fingerprint density at radius 1 is 1.12 bits per heavy atom. The molecule has 1 aromatic rings. The number of methoxy groups -OCH3 is 1. The summed E-state index contributed by atoms with van der Waals surface area (Å²) in [7, 11) is 1.54. The Bertz CT molecular complexity index is 729. The molecule has 0 radical (unpaired) electrons. The van der Waals surface area contributed by atoms with Crippen LogP contribution in [0.4, 0.5) is 0 Å². The van der Waals surface area contributed by atoms with Gasteiger partial charge in [0.2, 0.25) is 0 Å². The van der Waals surface area contributed by atoms with Gasteiger partial charge in [0.25, 0.3) is 0 Å². The molecule has 0 bridgehead atoms. The van der Waals surface area contributed by atoms with Gasteiger partial charge in [-0.1, -0.05) is 13.8 Å². The second kappa shape index (κ2) is 7.72. The number of ether oxygens (including phenoxy) is 3. The zero-order valence-electron chi connectivity index (χ0n) is 15.7. The first-order valence-electron chi connectivity index (χ1n) is 8.38. The third kappa shape index (κ3) is 4.50. The Balaban J connectivity index is 2.32. The fraction of sp³-hybridized carbons (Fsp3) is 0.450. The minimum atomic E-state index is -0.852. The molecule has 1 aliphatic carbocycles. The zero-order chi connectivity index (χ0) is 19.5. The van der Waals surface area contributed by atoms with Crippen molar-refractivity contribution >= 4 is 17.7 Å². The van der Waals surface area contributed by atoms with Crippen LogP contribution in [0.2, 0.25) is 0 Å². The highest BCUT2D eigenvalue weighted by molar-refractivity contribution is 5.96. The molecule has 0 N–H and O–H groups in total. The fourth-order valence-electron chi connectivity index (χ4n) is 2.95. The highest BCUT2D eigenvalue weighted by Gasteiger charge is 2.43. The lowest BCUT2D eigenvalue weighted by molar-refractivity contribution is -0.161. The van der Waals surface area contributed by atoms with Crippen molar-refractivity contribution in [3.8, 4) is 5.75 Å². The minimum Gasteiger partial charge on any atom is -0.497 e. The molecule has 0 amide bonds. The average molecular weight is 360 g/mol. The van der Waals surface area contributed by atoms with Gasteiger partial charge in [-0.2, -0.15) is 0 Å². The number of ketones is 1. The molecule has 0 saturated carbocycles. The highest BCUT2D eigenvalue weighted by Crippen LogP contribution is 2.36. The maximum absolute atomic E-state index is 12.5. The molecule has 0 fully saturated rings. The van der Waals surface area contributed by atoms with E-state index in [0.29, 0.717) is 16.9 Å². The summed E-state index contributed by atoms with van der Waals surface area (Å²) < 4.78 is 16.1. The summed E-state index contributed by atoms with van der Waals surface area (Å²) in [4.78, 5) is 36.4. The smallest absolute Gasteiger partial charge is 0.338 e. The van der Waals surface area contributed by atoms with Gasteiger partial charge in [-0.05, 0) is 42.8 Å². The van der Waals surface area contributed by atoms with Gasteiger partial charge in [-0.3, -0.25) is 9.59 Å². The SMILES string of the molecule is COc1ccc(C(=O)OC2C=C(C)C(=O)CC(C)(C)C2OC(C)=O)cc1. The van der Waals surface area contributed by atoms with Crippen LogP contribution in [0.5, 0.6) is 5.75 Å². The van der Waals surface area contributed by atoms with Crippen molar-refractivity contribution in [3.63, 3.8) is 0 Å². The number of allylic oxidation sites excluding steroid dienone is 1. The van der Waals surface area contributed by atoms with E-state index in [4.69, 9.17) is 14.2 Å². The molecular formula is C20H24O6. The second-order valence-electron chi connectivity index (χ2n) is 7.07. The standard InChI is InChI=1S/C20H24O6/c1-12-10-17(18(25-13(2)21)20(3,4)11-16(12)22)26-19(23)14-6-8-15(24-5)9-7-14/h6-10,17-18H,11H2,1-5H3. The van der Waals surface area contributed by atoms with E-state index in [0.717, 1.165) is 0 Å². The largest absolute Gasteiger partial charge is 0.497 e. The topological polar surface area (TPSA) is 78.9 Å². The number of hydrogen-bond donors (Lipinski definition) is 0. The maximum Gasteiger partial charge on any atom is 0.338 e. The van der Waals surface area contributed by atoms with E-state index >= 15 is 0 Å². The van der Waals surface area contributed by atoms with E-state index in [9.17, 15) is 14.4 Å². The lowest BCUT2D eigenvalue weighted by atomic mass is 9.80. The summed E-state index contributed by atoms with van der Waals surface area (Å²) in [6.07, 6.45) is 0.147. The molecule has 2 atom stereocenters. The summed E-state index contributed by atoms with van der Waals surface area (Å²) in [5.74, 6) is -0.496. The van der Waals surface area contributed by atoms with Gasteiger partial charge >= 0.3 is 11.9 Å². The summed E-state index contributed by atoms with van der Waals surface area (Å²) in [6, 6.07) is 6.49. The normalized spacial score (nSPS) is 22.0. The van der Waals surface area contributed by atoms with Gasteiger partial charge in [0, 0.05) is 18.8 Å². The van der Waals surface area contributed by atoms with Crippen molar-refractivity contribution in [1.82, 2.24) is 0 Å². The van der Waals surface area contributed by atoms with E-state index < -0.39 is 29.6 Å². The van der Waals surface area contributed by atoms with Crippen LogP contribution in [0.15, 0.2) is 35.9 Å². The van der Waals surface area contributed by atoms with E-state index in [1.165, 1.54) is 14.0 Å². The van der Waals surface area contributed by atoms with Crippen LogP contribution in [0, 0.1) is 5.41 Å². The molecule has 1 aliphatic rings. The highest BCUT2D eigenvalue weighted by atomic mass is 16.6. The lowest BCUT2D eigenvalue weighted by Crippen LogP contribution is -2.43. The number of benzene rings is 1. The Kier molecular flexibility index (Phi) is 5.85. The first kappa shape index (κ1) is 19.7. The fourth-order valence-corrected chi connectivity index (χ4v) is 2.95. The Labute approximate surface area is 153 Å². The van der Waals surface area contributed by atoms with Crippen LogP contribution in [0.25, 0.3) is 0 Å². The average Bonchev–Trinajstić information content (AvgIpc) is 2.64. The summed E-state index contributed by atoms with van der Waals surface area (Å²) in [6.45, 7) is 6.60. The number of esters is 2. The third-order valence-corrected chi connectivity index (χ3v) is 4.40. The molecule has 2 unspecified atom stereocenters. The van der Waals surface area contributed by atoms with E-state index in [1.54, 1.807) is 37.3 Å². The monoisotopic (exact) mass is 360 g/mol. The van der Waals surface area contributed by atoms with Gasteiger partial charge in [-0.25, -0.2) is 4.79 Å². The molecule has 1 aromatic carbocycles. The van der Waals surface area contributed by atoms with Crippen LogP contribution < -0.4 is 4.74 Å². The van der Waals surface area contributed by atoms with Gasteiger partial charge in [0.05, 0.1) is 12.7 Å². The first-order valence-corrected chi connectivity index (χ1v) is 8.38. The first-order chi connectivity index (χ1) is 12.1. The molecule has 0 aliphatic heterocycles. The molecule has 0 saturated heterocycles. The Hall–Kier alpha value is -2.63. The van der Waals surface area contributed by atoms with E-state index in [2.05, 4.69) is 0 Å². The van der Waals surface area contributed by atoms with Crippen LogP contribution in [0.3, 0.4) is 0 Å². The third-order valence-electron chi connectivity index (χ3n) is 4.40. The molecule has 0 heterocycles. The van der Waals surface area contributed by atoms with Crippen molar-refractivity contribution < 1.29 is 28.6 Å². The molecule has 0 spiro atoms. The van der Waals surface area contributed by atoms with Crippen LogP contribution >= 0.6 is 0 Å². The van der Waals surface area contributed by atoms with Crippen LogP contribution in [-0.2, 0) is 19.1 Å². The van der Waals surface area contributed by atoms with Gasteiger partial charge in [0.1, 0.15) is 11.9 Å². The predicted octanol–water partition coefficient (Wildman–Crippen LogP) is 3.10. The van der Waals surface area contributed by atoms with Crippen LogP contribution in [-0.4, -0.2) is 37.0 Å². The molecular weight excluding hydrogens is 336 g/mol. The number of hydrogen-bond acceptors (Lipinski definition) is 6. The molecule has 6 nitrogen and oxygen atoms in total. The number of carbonyl (C=O) groups excluding carboxylic acids is 3. The van der Waals surface area contributed by atoms with E-state index in [1.807, 2.05) is 13.8 Å². The van der Waals surface area contributed by atoms with Gasteiger partial charge < -0.3 is 14.2 Å². The van der Waals surface area contributed by atoms with Crippen molar-refractivity contribution in [2.24, 2.45) is 5.41 Å². The quantitative estimate of drug-likeness (QED) is 0.768. The van der Waals surface area contributed by atoms with Crippen LogP contribution in [0.1, 0.15) is 44.5 Å². The maximum atomic E-state index is 12.5. The molecule has 2 rings (SSSR count). The van der Waals surface area contributed by atoms with Crippen molar-refractivity contribution in [2.75, 3.05) is 7.11 Å². The molecule has 0 aromatic heterocycles. The minimum absolute atomic E-state index is 0.0600. The zero-order valence-corrected chi connectivity index (χ0v) is 15.7. The Morgan fingerprint density at radius 3 is 2.27 bits per heavy atom. The van der Waals surface area contributed by atoms with E-state index in [-0.39, 0.29) is 12.2 Å². The van der Waals surface area contributed by atoms with Gasteiger partial charge in [-0.15, -0.1) is 0 Å². The Morgan fingerprint density at radius 2 is 1.73 bits per heavy atom. The second-order valence-corrected chi connectivity index (χ2v) is 7.07. The summed E-state index contributed by atoms with van der Waals surface area (Å²) in [5, 5.41) is 0. The number of Topliss-reactive ketones (excluding diaryl/α,β-unsaturated/α-hetero) is 1. The summed E-state index contributed by atoms with van der Waals surface area (Å²) in [5.41, 5.74) is 0.147. The molecule has 26 heavy (non-hydrogen) atoms. The number of rotatable bonds is 4.